The maximum atomic E-state index is 13.3. The molecule has 0 atom stereocenters. The van der Waals surface area contributed by atoms with Crippen LogP contribution in [0.4, 0.5) is 14.5 Å². The van der Waals surface area contributed by atoms with Gasteiger partial charge in [-0.1, -0.05) is 0 Å². The van der Waals surface area contributed by atoms with E-state index in [1.807, 2.05) is 0 Å². The van der Waals surface area contributed by atoms with Gasteiger partial charge >= 0.3 is 0 Å². The van der Waals surface area contributed by atoms with E-state index in [1.54, 1.807) is 24.3 Å². The van der Waals surface area contributed by atoms with Gasteiger partial charge in [0.05, 0.1) is 7.11 Å². The quantitative estimate of drug-likeness (QED) is 0.873. The molecule has 0 aliphatic carbocycles. The van der Waals surface area contributed by atoms with Gasteiger partial charge in [-0.25, -0.2) is 8.78 Å². The smallest absolute Gasteiger partial charge is 0.251 e. The van der Waals surface area contributed by atoms with Crippen molar-refractivity contribution in [1.82, 2.24) is 5.32 Å². The van der Waals surface area contributed by atoms with E-state index in [1.165, 1.54) is 25.0 Å². The molecule has 0 saturated carbocycles. The number of benzene rings is 2. The SMILES string of the molecule is COc1ccc(C(=O)NCCN(C(C)=O)c2ccc(F)c(F)c2)cc1. The fraction of sp³-hybridized carbons (Fsp3) is 0.222. The van der Waals surface area contributed by atoms with Crippen LogP contribution >= 0.6 is 0 Å². The topological polar surface area (TPSA) is 58.6 Å². The first-order valence-corrected chi connectivity index (χ1v) is 7.57. The molecule has 0 saturated heterocycles. The molecule has 0 unspecified atom stereocenters. The Balaban J connectivity index is 1.97. The molecule has 7 heteroatoms. The molecule has 0 fully saturated rings. The number of halogens is 2. The van der Waals surface area contributed by atoms with Crippen LogP contribution in [0.3, 0.4) is 0 Å². The average Bonchev–Trinajstić information content (AvgIpc) is 2.61. The zero-order valence-electron chi connectivity index (χ0n) is 13.9. The Morgan fingerprint density at radius 3 is 2.32 bits per heavy atom. The van der Waals surface area contributed by atoms with Crippen molar-refractivity contribution in [2.45, 2.75) is 6.92 Å². The summed E-state index contributed by atoms with van der Waals surface area (Å²) >= 11 is 0. The Bertz CT molecular complexity index is 763. The molecule has 2 aromatic carbocycles. The van der Waals surface area contributed by atoms with Crippen LogP contribution in [0.5, 0.6) is 5.75 Å². The number of nitrogens with zero attached hydrogens (tertiary/aromatic N) is 1. The summed E-state index contributed by atoms with van der Waals surface area (Å²) in [6.45, 7) is 1.60. The van der Waals surface area contributed by atoms with Crippen LogP contribution in [0.1, 0.15) is 17.3 Å². The van der Waals surface area contributed by atoms with E-state index in [4.69, 9.17) is 4.74 Å². The van der Waals surface area contributed by atoms with Crippen LogP contribution in [0.15, 0.2) is 42.5 Å². The lowest BCUT2D eigenvalue weighted by Crippen LogP contribution is -2.37. The number of ether oxygens (including phenoxy) is 1. The molecule has 25 heavy (non-hydrogen) atoms. The van der Waals surface area contributed by atoms with E-state index < -0.39 is 11.6 Å². The first kappa shape index (κ1) is 18.4. The second-order valence-corrected chi connectivity index (χ2v) is 5.25. The standard InChI is InChI=1S/C18H18F2N2O3/c1-12(23)22(14-5-8-16(19)17(20)11-14)10-9-21-18(24)13-3-6-15(25-2)7-4-13/h3-8,11H,9-10H2,1-2H3,(H,21,24). The molecule has 2 aromatic rings. The van der Waals surface area contributed by atoms with Crippen LogP contribution < -0.4 is 15.0 Å². The zero-order chi connectivity index (χ0) is 18.4. The Kier molecular flexibility index (Phi) is 6.05. The summed E-state index contributed by atoms with van der Waals surface area (Å²) in [7, 11) is 1.53. The zero-order valence-corrected chi connectivity index (χ0v) is 13.9. The molecule has 132 valence electrons. The minimum absolute atomic E-state index is 0.127. The normalized spacial score (nSPS) is 10.2. The summed E-state index contributed by atoms with van der Waals surface area (Å²) in [5, 5.41) is 2.68. The minimum atomic E-state index is -1.04. The third-order valence-corrected chi connectivity index (χ3v) is 3.57. The predicted molar refractivity (Wildman–Crippen MR) is 89.7 cm³/mol. The number of anilines is 1. The van der Waals surface area contributed by atoms with Crippen molar-refractivity contribution in [3.63, 3.8) is 0 Å². The van der Waals surface area contributed by atoms with Gasteiger partial charge in [0.25, 0.3) is 5.91 Å². The molecule has 0 aliphatic heterocycles. The summed E-state index contributed by atoms with van der Waals surface area (Å²) < 4.78 is 31.4. The molecule has 0 bridgehead atoms. The molecular weight excluding hydrogens is 330 g/mol. The molecule has 1 N–H and O–H groups in total. The van der Waals surface area contributed by atoms with E-state index in [0.29, 0.717) is 11.3 Å². The van der Waals surface area contributed by atoms with Gasteiger partial charge in [0.2, 0.25) is 5.91 Å². The predicted octanol–water partition coefficient (Wildman–Crippen LogP) is 2.76. The van der Waals surface area contributed by atoms with E-state index in [-0.39, 0.29) is 30.6 Å². The summed E-state index contributed by atoms with van der Waals surface area (Å²) in [4.78, 5) is 25.1. The summed E-state index contributed by atoms with van der Waals surface area (Å²) in [5.74, 6) is -2.04. The number of hydrogen-bond donors (Lipinski definition) is 1. The largest absolute Gasteiger partial charge is 0.497 e. The highest BCUT2D eigenvalue weighted by molar-refractivity contribution is 5.94. The second kappa shape index (κ2) is 8.23. The highest BCUT2D eigenvalue weighted by Gasteiger charge is 2.14. The van der Waals surface area contributed by atoms with Gasteiger partial charge in [-0.2, -0.15) is 0 Å². The van der Waals surface area contributed by atoms with Gasteiger partial charge in [-0.3, -0.25) is 9.59 Å². The maximum Gasteiger partial charge on any atom is 0.251 e. The first-order chi connectivity index (χ1) is 11.9. The van der Waals surface area contributed by atoms with Crippen LogP contribution in [0.25, 0.3) is 0 Å². The van der Waals surface area contributed by atoms with Gasteiger partial charge < -0.3 is 15.0 Å². The lowest BCUT2D eigenvalue weighted by Gasteiger charge is -2.21. The molecule has 2 rings (SSSR count). The molecule has 0 radical (unpaired) electrons. The van der Waals surface area contributed by atoms with Crippen LogP contribution in [0.2, 0.25) is 0 Å². The Labute approximate surface area is 144 Å². The lowest BCUT2D eigenvalue weighted by molar-refractivity contribution is -0.116. The van der Waals surface area contributed by atoms with Crippen molar-refractivity contribution in [2.75, 3.05) is 25.1 Å². The van der Waals surface area contributed by atoms with Gasteiger partial charge in [-0.15, -0.1) is 0 Å². The molecule has 2 amide bonds. The molecule has 0 heterocycles. The monoisotopic (exact) mass is 348 g/mol. The Morgan fingerprint density at radius 1 is 1.08 bits per heavy atom. The van der Waals surface area contributed by atoms with E-state index in [0.717, 1.165) is 12.1 Å². The van der Waals surface area contributed by atoms with Crippen molar-refractivity contribution < 1.29 is 23.1 Å². The number of carbonyl (C=O) groups is 2. The van der Waals surface area contributed by atoms with Crippen molar-refractivity contribution in [2.24, 2.45) is 0 Å². The fourth-order valence-electron chi connectivity index (χ4n) is 2.25. The number of amides is 2. The molecule has 0 aliphatic rings. The minimum Gasteiger partial charge on any atom is -0.497 e. The van der Waals surface area contributed by atoms with E-state index in [2.05, 4.69) is 5.32 Å². The molecular formula is C18H18F2N2O3. The molecule has 5 nitrogen and oxygen atoms in total. The van der Waals surface area contributed by atoms with Crippen LogP contribution in [0, 0.1) is 11.6 Å². The van der Waals surface area contributed by atoms with Crippen molar-refractivity contribution in [3.8, 4) is 5.75 Å². The van der Waals surface area contributed by atoms with E-state index >= 15 is 0 Å². The van der Waals surface area contributed by atoms with Crippen molar-refractivity contribution in [1.29, 1.82) is 0 Å². The number of hydrogen-bond acceptors (Lipinski definition) is 3. The van der Waals surface area contributed by atoms with Crippen molar-refractivity contribution in [3.05, 3.63) is 59.7 Å². The summed E-state index contributed by atoms with van der Waals surface area (Å²) in [6, 6.07) is 9.78. The van der Waals surface area contributed by atoms with Crippen LogP contribution in [-0.2, 0) is 4.79 Å². The third kappa shape index (κ3) is 4.76. The van der Waals surface area contributed by atoms with Gasteiger partial charge in [0, 0.05) is 37.3 Å². The third-order valence-electron chi connectivity index (χ3n) is 3.57. The van der Waals surface area contributed by atoms with Gasteiger partial charge in [-0.05, 0) is 36.4 Å². The van der Waals surface area contributed by atoms with Gasteiger partial charge in [0.15, 0.2) is 11.6 Å². The molecule has 0 aromatic heterocycles. The van der Waals surface area contributed by atoms with Crippen LogP contribution in [-0.4, -0.2) is 32.0 Å². The highest BCUT2D eigenvalue weighted by atomic mass is 19.2. The highest BCUT2D eigenvalue weighted by Crippen LogP contribution is 2.18. The van der Waals surface area contributed by atoms with Gasteiger partial charge in [0.1, 0.15) is 5.75 Å². The number of methoxy groups -OCH3 is 1. The average molecular weight is 348 g/mol. The lowest BCUT2D eigenvalue weighted by atomic mass is 10.2. The second-order valence-electron chi connectivity index (χ2n) is 5.25. The number of nitrogens with one attached hydrogen (secondary N) is 1. The number of carbonyl (C=O) groups excluding carboxylic acids is 2. The van der Waals surface area contributed by atoms with E-state index in [9.17, 15) is 18.4 Å². The summed E-state index contributed by atoms with van der Waals surface area (Å²) in [6.07, 6.45) is 0. The maximum absolute atomic E-state index is 13.3. The number of rotatable bonds is 6. The molecule has 0 spiro atoms. The summed E-state index contributed by atoms with van der Waals surface area (Å²) in [5.41, 5.74) is 0.674. The first-order valence-electron chi connectivity index (χ1n) is 7.57. The van der Waals surface area contributed by atoms with Crippen molar-refractivity contribution >= 4 is 17.5 Å². The fourth-order valence-corrected chi connectivity index (χ4v) is 2.25. The Morgan fingerprint density at radius 2 is 1.76 bits per heavy atom. The Hall–Kier alpha value is -2.96.